The standard InChI is InChI=1S/C14H20N2O4/c1-14(2,7-4-8-17)10-15-13(18)11-5-3-6-12(9-11)16(19)20/h3,5-6,9,17H,4,7-8,10H2,1-2H3,(H,15,18). The van der Waals surface area contributed by atoms with E-state index in [0.717, 1.165) is 6.42 Å². The van der Waals surface area contributed by atoms with Gasteiger partial charge in [0.25, 0.3) is 11.6 Å². The lowest BCUT2D eigenvalue weighted by molar-refractivity contribution is -0.384. The van der Waals surface area contributed by atoms with Crippen LogP contribution in [0.25, 0.3) is 0 Å². The van der Waals surface area contributed by atoms with Crippen LogP contribution in [-0.2, 0) is 0 Å². The fraction of sp³-hybridized carbons (Fsp3) is 0.500. The summed E-state index contributed by atoms with van der Waals surface area (Å²) in [6.07, 6.45) is 1.47. The maximum Gasteiger partial charge on any atom is 0.270 e. The third-order valence-corrected chi connectivity index (χ3v) is 3.06. The number of hydrogen-bond acceptors (Lipinski definition) is 4. The van der Waals surface area contributed by atoms with Crippen molar-refractivity contribution in [1.29, 1.82) is 0 Å². The molecule has 0 bridgehead atoms. The van der Waals surface area contributed by atoms with Crippen molar-refractivity contribution in [3.05, 3.63) is 39.9 Å². The lowest BCUT2D eigenvalue weighted by Gasteiger charge is -2.24. The zero-order chi connectivity index (χ0) is 15.2. The molecule has 6 heteroatoms. The highest BCUT2D eigenvalue weighted by Gasteiger charge is 2.19. The summed E-state index contributed by atoms with van der Waals surface area (Å²) >= 11 is 0. The van der Waals surface area contributed by atoms with Gasteiger partial charge in [0.05, 0.1) is 4.92 Å². The SMILES string of the molecule is CC(C)(CCCO)CNC(=O)c1cccc([N+](=O)[O-])c1. The molecule has 0 saturated heterocycles. The Balaban J connectivity index is 2.63. The summed E-state index contributed by atoms with van der Waals surface area (Å²) in [6, 6.07) is 5.64. The second-order valence-corrected chi connectivity index (χ2v) is 5.48. The minimum absolute atomic E-state index is 0.0998. The number of rotatable bonds is 7. The summed E-state index contributed by atoms with van der Waals surface area (Å²) in [5.41, 5.74) is 0.0494. The molecule has 0 fully saturated rings. The molecule has 0 radical (unpaired) electrons. The van der Waals surface area contributed by atoms with Gasteiger partial charge < -0.3 is 10.4 Å². The third kappa shape index (κ3) is 4.97. The van der Waals surface area contributed by atoms with Crippen molar-refractivity contribution in [2.75, 3.05) is 13.2 Å². The second kappa shape index (κ2) is 7.00. The number of nitrogens with zero attached hydrogens (tertiary/aromatic N) is 1. The van der Waals surface area contributed by atoms with Crippen molar-refractivity contribution < 1.29 is 14.8 Å². The first-order valence-corrected chi connectivity index (χ1v) is 6.49. The summed E-state index contributed by atoms with van der Waals surface area (Å²) in [6.45, 7) is 4.57. The molecule has 0 aliphatic heterocycles. The molecule has 0 aromatic heterocycles. The number of benzene rings is 1. The monoisotopic (exact) mass is 280 g/mol. The van der Waals surface area contributed by atoms with Crippen LogP contribution in [0.1, 0.15) is 37.0 Å². The first-order valence-electron chi connectivity index (χ1n) is 6.49. The van der Waals surface area contributed by atoms with Crippen molar-refractivity contribution in [2.45, 2.75) is 26.7 Å². The van der Waals surface area contributed by atoms with E-state index in [2.05, 4.69) is 5.32 Å². The number of amides is 1. The van der Waals surface area contributed by atoms with Gasteiger partial charge in [-0.3, -0.25) is 14.9 Å². The summed E-state index contributed by atoms with van der Waals surface area (Å²) in [5, 5.41) is 22.2. The van der Waals surface area contributed by atoms with Crippen molar-refractivity contribution in [1.82, 2.24) is 5.32 Å². The van der Waals surface area contributed by atoms with Gasteiger partial charge in [0.15, 0.2) is 0 Å². The zero-order valence-corrected chi connectivity index (χ0v) is 11.8. The molecule has 0 unspecified atom stereocenters. The van der Waals surface area contributed by atoms with Gasteiger partial charge in [-0.2, -0.15) is 0 Å². The average Bonchev–Trinajstić information content (AvgIpc) is 2.43. The Morgan fingerprint density at radius 2 is 2.15 bits per heavy atom. The number of nitro groups is 1. The molecular formula is C14H20N2O4. The van der Waals surface area contributed by atoms with Gasteiger partial charge in [-0.05, 0) is 24.3 Å². The van der Waals surface area contributed by atoms with Crippen LogP contribution in [0, 0.1) is 15.5 Å². The molecule has 0 atom stereocenters. The van der Waals surface area contributed by atoms with Gasteiger partial charge in [-0.15, -0.1) is 0 Å². The Morgan fingerprint density at radius 3 is 2.75 bits per heavy atom. The average molecular weight is 280 g/mol. The van der Waals surface area contributed by atoms with Crippen LogP contribution in [0.5, 0.6) is 0 Å². The number of aliphatic hydroxyl groups excluding tert-OH is 1. The molecule has 0 saturated carbocycles. The quantitative estimate of drug-likeness (QED) is 0.591. The predicted octanol–water partition coefficient (Wildman–Crippen LogP) is 2.12. The molecule has 1 aromatic carbocycles. The molecule has 6 nitrogen and oxygen atoms in total. The Labute approximate surface area is 118 Å². The largest absolute Gasteiger partial charge is 0.396 e. The van der Waals surface area contributed by atoms with E-state index in [-0.39, 0.29) is 29.2 Å². The fourth-order valence-corrected chi connectivity index (χ4v) is 1.83. The normalized spacial score (nSPS) is 11.2. The Kier molecular flexibility index (Phi) is 5.64. The van der Waals surface area contributed by atoms with Gasteiger partial charge >= 0.3 is 0 Å². The van der Waals surface area contributed by atoms with Crippen LogP contribution in [0.3, 0.4) is 0 Å². The van der Waals surface area contributed by atoms with Crippen molar-refractivity contribution in [3.8, 4) is 0 Å². The number of hydrogen-bond donors (Lipinski definition) is 2. The Hall–Kier alpha value is -1.95. The molecule has 1 amide bonds. The molecule has 2 N–H and O–H groups in total. The molecular weight excluding hydrogens is 260 g/mol. The number of carbonyl (C=O) groups is 1. The molecule has 0 aliphatic rings. The minimum Gasteiger partial charge on any atom is -0.396 e. The first kappa shape index (κ1) is 16.1. The van der Waals surface area contributed by atoms with E-state index < -0.39 is 4.92 Å². The van der Waals surface area contributed by atoms with Crippen LogP contribution in [0.15, 0.2) is 24.3 Å². The Bertz CT molecular complexity index is 486. The van der Waals surface area contributed by atoms with Gasteiger partial charge in [0.2, 0.25) is 0 Å². The number of carbonyl (C=O) groups excluding carboxylic acids is 1. The summed E-state index contributed by atoms with van der Waals surface area (Å²) in [7, 11) is 0. The van der Waals surface area contributed by atoms with Crippen LogP contribution >= 0.6 is 0 Å². The van der Waals surface area contributed by atoms with Gasteiger partial charge in [-0.25, -0.2) is 0 Å². The van der Waals surface area contributed by atoms with Crippen molar-refractivity contribution >= 4 is 11.6 Å². The summed E-state index contributed by atoms with van der Waals surface area (Å²) < 4.78 is 0. The van der Waals surface area contributed by atoms with E-state index in [9.17, 15) is 14.9 Å². The van der Waals surface area contributed by atoms with Crippen molar-refractivity contribution in [3.63, 3.8) is 0 Å². The molecule has 1 rings (SSSR count). The van der Waals surface area contributed by atoms with Crippen molar-refractivity contribution in [2.24, 2.45) is 5.41 Å². The highest BCUT2D eigenvalue weighted by atomic mass is 16.6. The molecule has 110 valence electrons. The number of nitro benzene ring substituents is 1. The maximum atomic E-state index is 12.0. The lowest BCUT2D eigenvalue weighted by Crippen LogP contribution is -2.34. The minimum atomic E-state index is -0.526. The third-order valence-electron chi connectivity index (χ3n) is 3.06. The first-order chi connectivity index (χ1) is 9.35. The van der Waals surface area contributed by atoms with E-state index in [1.54, 1.807) is 6.07 Å². The molecule has 1 aromatic rings. The van der Waals surface area contributed by atoms with Crippen LogP contribution in [0.2, 0.25) is 0 Å². The molecule has 0 spiro atoms. The van der Waals surface area contributed by atoms with Crippen LogP contribution in [-0.4, -0.2) is 29.1 Å². The van der Waals surface area contributed by atoms with E-state index in [1.807, 2.05) is 13.8 Å². The number of nitrogens with one attached hydrogen (secondary N) is 1. The van der Waals surface area contributed by atoms with Crippen LogP contribution < -0.4 is 5.32 Å². The van der Waals surface area contributed by atoms with E-state index in [1.165, 1.54) is 18.2 Å². The van der Waals surface area contributed by atoms with E-state index in [0.29, 0.717) is 13.0 Å². The van der Waals surface area contributed by atoms with Gasteiger partial charge in [0.1, 0.15) is 0 Å². The molecule has 20 heavy (non-hydrogen) atoms. The maximum absolute atomic E-state index is 12.0. The predicted molar refractivity (Wildman–Crippen MR) is 75.5 cm³/mol. The van der Waals surface area contributed by atoms with Gasteiger partial charge in [0, 0.05) is 30.8 Å². The van der Waals surface area contributed by atoms with E-state index >= 15 is 0 Å². The molecule has 0 heterocycles. The van der Waals surface area contributed by atoms with Gasteiger partial charge in [-0.1, -0.05) is 19.9 Å². The van der Waals surface area contributed by atoms with Crippen LogP contribution in [0.4, 0.5) is 5.69 Å². The topological polar surface area (TPSA) is 92.5 Å². The smallest absolute Gasteiger partial charge is 0.270 e. The number of non-ortho nitro benzene ring substituents is 1. The highest BCUT2D eigenvalue weighted by molar-refractivity contribution is 5.94. The zero-order valence-electron chi connectivity index (χ0n) is 11.8. The number of aliphatic hydroxyl groups is 1. The highest BCUT2D eigenvalue weighted by Crippen LogP contribution is 2.21. The lowest BCUT2D eigenvalue weighted by atomic mass is 9.88. The fourth-order valence-electron chi connectivity index (χ4n) is 1.83. The Morgan fingerprint density at radius 1 is 1.45 bits per heavy atom. The molecule has 0 aliphatic carbocycles. The second-order valence-electron chi connectivity index (χ2n) is 5.48. The summed E-state index contributed by atoms with van der Waals surface area (Å²) in [5.74, 6) is -0.328. The summed E-state index contributed by atoms with van der Waals surface area (Å²) in [4.78, 5) is 22.1. The van der Waals surface area contributed by atoms with E-state index in [4.69, 9.17) is 5.11 Å².